The van der Waals surface area contributed by atoms with Crippen LogP contribution in [0.15, 0.2) is 12.1 Å². The molecule has 0 unspecified atom stereocenters. The van der Waals surface area contributed by atoms with Gasteiger partial charge in [0.05, 0.1) is 5.69 Å². The van der Waals surface area contributed by atoms with Crippen molar-refractivity contribution in [1.29, 1.82) is 0 Å². The SMILES string of the molecule is CN1CCC(NC(=O)c2ccc(N)c3c2CC(C)(C)O3)CC1. The van der Waals surface area contributed by atoms with Gasteiger partial charge in [-0.25, -0.2) is 0 Å². The van der Waals surface area contributed by atoms with Gasteiger partial charge in [0.1, 0.15) is 11.4 Å². The van der Waals surface area contributed by atoms with E-state index in [1.165, 1.54) is 0 Å². The Hall–Kier alpha value is -1.75. The number of hydrogen-bond acceptors (Lipinski definition) is 4. The fraction of sp³-hybridized carbons (Fsp3) is 0.588. The number of rotatable bonds is 2. The van der Waals surface area contributed by atoms with Gasteiger partial charge < -0.3 is 20.7 Å². The minimum Gasteiger partial charge on any atom is -0.485 e. The van der Waals surface area contributed by atoms with E-state index in [1.807, 2.05) is 19.9 Å². The molecule has 22 heavy (non-hydrogen) atoms. The van der Waals surface area contributed by atoms with E-state index < -0.39 is 0 Å². The number of likely N-dealkylation sites (tertiary alicyclic amines) is 1. The van der Waals surface area contributed by atoms with Gasteiger partial charge in [0.25, 0.3) is 5.91 Å². The molecular weight excluding hydrogens is 278 g/mol. The Morgan fingerprint density at radius 2 is 2.05 bits per heavy atom. The first-order chi connectivity index (χ1) is 10.4. The lowest BCUT2D eigenvalue weighted by molar-refractivity contribution is 0.0916. The number of carbonyl (C=O) groups is 1. The van der Waals surface area contributed by atoms with Crippen molar-refractivity contribution in [3.8, 4) is 5.75 Å². The Morgan fingerprint density at radius 1 is 1.36 bits per heavy atom. The fourth-order valence-corrected chi connectivity index (χ4v) is 3.31. The number of ether oxygens (including phenoxy) is 1. The number of nitrogens with two attached hydrogens (primary N) is 1. The summed E-state index contributed by atoms with van der Waals surface area (Å²) in [6.07, 6.45) is 2.71. The van der Waals surface area contributed by atoms with E-state index in [-0.39, 0.29) is 17.6 Å². The van der Waals surface area contributed by atoms with Gasteiger partial charge in [-0.2, -0.15) is 0 Å². The van der Waals surface area contributed by atoms with Crippen LogP contribution < -0.4 is 15.8 Å². The maximum atomic E-state index is 12.7. The molecule has 1 amide bonds. The van der Waals surface area contributed by atoms with Gasteiger partial charge in [0.15, 0.2) is 0 Å². The van der Waals surface area contributed by atoms with E-state index in [1.54, 1.807) is 6.07 Å². The van der Waals surface area contributed by atoms with Crippen LogP contribution in [-0.4, -0.2) is 42.6 Å². The molecule has 1 aromatic carbocycles. The molecule has 0 radical (unpaired) electrons. The average molecular weight is 303 g/mol. The summed E-state index contributed by atoms with van der Waals surface area (Å²) in [6.45, 7) is 6.10. The Kier molecular flexibility index (Phi) is 3.77. The first kappa shape index (κ1) is 15.2. The van der Waals surface area contributed by atoms with Gasteiger partial charge in [0.2, 0.25) is 0 Å². The number of nitrogens with zero attached hydrogens (tertiary/aromatic N) is 1. The maximum Gasteiger partial charge on any atom is 0.251 e. The minimum absolute atomic E-state index is 0.00731. The zero-order chi connectivity index (χ0) is 15.9. The molecule has 1 aromatic rings. The van der Waals surface area contributed by atoms with Crippen LogP contribution in [0.4, 0.5) is 5.69 Å². The molecule has 0 aromatic heterocycles. The van der Waals surface area contributed by atoms with E-state index in [0.29, 0.717) is 23.4 Å². The zero-order valence-electron chi connectivity index (χ0n) is 13.6. The van der Waals surface area contributed by atoms with Crippen LogP contribution in [0.3, 0.4) is 0 Å². The predicted molar refractivity (Wildman–Crippen MR) is 87.3 cm³/mol. The summed E-state index contributed by atoms with van der Waals surface area (Å²) in [4.78, 5) is 14.9. The van der Waals surface area contributed by atoms with E-state index >= 15 is 0 Å². The number of hydrogen-bond donors (Lipinski definition) is 2. The van der Waals surface area contributed by atoms with Gasteiger partial charge in [-0.15, -0.1) is 0 Å². The molecule has 3 N–H and O–H groups in total. The number of carbonyl (C=O) groups excluding carboxylic acids is 1. The monoisotopic (exact) mass is 303 g/mol. The topological polar surface area (TPSA) is 67.6 Å². The molecular formula is C17H25N3O2. The van der Waals surface area contributed by atoms with Gasteiger partial charge in [-0.1, -0.05) is 0 Å². The fourth-order valence-electron chi connectivity index (χ4n) is 3.31. The van der Waals surface area contributed by atoms with Crippen molar-refractivity contribution in [3.63, 3.8) is 0 Å². The second-order valence-electron chi connectivity index (χ2n) is 7.10. The highest BCUT2D eigenvalue weighted by molar-refractivity contribution is 5.97. The Labute approximate surface area is 131 Å². The van der Waals surface area contributed by atoms with E-state index in [2.05, 4.69) is 17.3 Å². The zero-order valence-corrected chi connectivity index (χ0v) is 13.6. The smallest absolute Gasteiger partial charge is 0.251 e. The van der Waals surface area contributed by atoms with Crippen molar-refractivity contribution >= 4 is 11.6 Å². The first-order valence-electron chi connectivity index (χ1n) is 7.95. The normalized spacial score (nSPS) is 21.2. The number of nitrogens with one attached hydrogen (secondary N) is 1. The molecule has 2 aliphatic heterocycles. The van der Waals surface area contributed by atoms with Crippen LogP contribution in [0.2, 0.25) is 0 Å². The molecule has 3 rings (SSSR count). The third kappa shape index (κ3) is 2.90. The van der Waals surface area contributed by atoms with Crippen molar-refractivity contribution in [3.05, 3.63) is 23.3 Å². The van der Waals surface area contributed by atoms with Crippen molar-refractivity contribution in [2.24, 2.45) is 0 Å². The van der Waals surface area contributed by atoms with Crippen LogP contribution in [-0.2, 0) is 6.42 Å². The van der Waals surface area contributed by atoms with E-state index in [9.17, 15) is 4.79 Å². The molecule has 120 valence electrons. The lowest BCUT2D eigenvalue weighted by atomic mass is 9.96. The van der Waals surface area contributed by atoms with Gasteiger partial charge in [0, 0.05) is 23.6 Å². The molecule has 2 aliphatic rings. The van der Waals surface area contributed by atoms with Gasteiger partial charge >= 0.3 is 0 Å². The third-order valence-electron chi connectivity index (χ3n) is 4.57. The Morgan fingerprint density at radius 3 is 2.73 bits per heavy atom. The molecule has 1 fully saturated rings. The number of fused-ring (bicyclic) bond motifs is 1. The van der Waals surface area contributed by atoms with E-state index in [4.69, 9.17) is 10.5 Å². The molecule has 0 aliphatic carbocycles. The largest absolute Gasteiger partial charge is 0.485 e. The molecule has 0 spiro atoms. The van der Waals surface area contributed by atoms with Gasteiger partial charge in [-0.3, -0.25) is 4.79 Å². The summed E-state index contributed by atoms with van der Waals surface area (Å²) in [6, 6.07) is 3.85. The standard InChI is InChI=1S/C17H25N3O2/c1-17(2)10-13-12(4-5-14(18)15(13)22-17)16(21)19-11-6-8-20(3)9-7-11/h4-5,11H,6-10,18H2,1-3H3,(H,19,21). The molecule has 2 heterocycles. The van der Waals surface area contributed by atoms with Crippen molar-refractivity contribution in [1.82, 2.24) is 10.2 Å². The second-order valence-corrected chi connectivity index (χ2v) is 7.10. The second kappa shape index (κ2) is 5.47. The molecule has 5 nitrogen and oxygen atoms in total. The highest BCUT2D eigenvalue weighted by Gasteiger charge is 2.35. The highest BCUT2D eigenvalue weighted by Crippen LogP contribution is 2.41. The van der Waals surface area contributed by atoms with Crippen LogP contribution >= 0.6 is 0 Å². The number of benzene rings is 1. The molecule has 0 bridgehead atoms. The first-order valence-corrected chi connectivity index (χ1v) is 7.95. The molecule has 5 heteroatoms. The number of nitrogen functional groups attached to an aromatic ring is 1. The average Bonchev–Trinajstić information content (AvgIpc) is 2.78. The van der Waals surface area contributed by atoms with Crippen molar-refractivity contribution < 1.29 is 9.53 Å². The summed E-state index contributed by atoms with van der Waals surface area (Å²) in [5.74, 6) is 0.674. The summed E-state index contributed by atoms with van der Waals surface area (Å²) in [5, 5.41) is 3.17. The predicted octanol–water partition coefficient (Wildman–Crippen LogP) is 1.81. The quantitative estimate of drug-likeness (QED) is 0.818. The van der Waals surface area contributed by atoms with Crippen molar-refractivity contribution in [2.75, 3.05) is 25.9 Å². The summed E-state index contributed by atoms with van der Waals surface area (Å²) in [7, 11) is 2.12. The van der Waals surface area contributed by atoms with Gasteiger partial charge in [-0.05, 0) is 59.0 Å². The highest BCUT2D eigenvalue weighted by atomic mass is 16.5. The van der Waals surface area contributed by atoms with E-state index in [0.717, 1.165) is 31.5 Å². The van der Waals surface area contributed by atoms with Crippen LogP contribution in [0.1, 0.15) is 42.6 Å². The maximum absolute atomic E-state index is 12.7. The lowest BCUT2D eigenvalue weighted by Crippen LogP contribution is -2.43. The van der Waals surface area contributed by atoms with Crippen molar-refractivity contribution in [2.45, 2.75) is 44.8 Å². The lowest BCUT2D eigenvalue weighted by Gasteiger charge is -2.29. The Bertz CT molecular complexity index is 590. The number of piperidine rings is 1. The molecule has 1 saturated heterocycles. The summed E-state index contributed by atoms with van der Waals surface area (Å²) in [5.41, 5.74) is 7.94. The van der Waals surface area contributed by atoms with Crippen LogP contribution in [0, 0.1) is 0 Å². The van der Waals surface area contributed by atoms with Crippen LogP contribution in [0.5, 0.6) is 5.75 Å². The third-order valence-corrected chi connectivity index (χ3v) is 4.57. The minimum atomic E-state index is -0.305. The molecule has 0 atom stereocenters. The molecule has 0 saturated carbocycles. The summed E-state index contributed by atoms with van der Waals surface area (Å²) < 4.78 is 5.91. The number of anilines is 1. The number of amides is 1. The summed E-state index contributed by atoms with van der Waals surface area (Å²) >= 11 is 0. The van der Waals surface area contributed by atoms with Crippen LogP contribution in [0.25, 0.3) is 0 Å². The Balaban J connectivity index is 1.78.